The van der Waals surface area contributed by atoms with Crippen LogP contribution < -0.4 is 11.1 Å². The largest absolute Gasteiger partial charge is 0.356 e. The minimum atomic E-state index is 0.0758. The molecule has 2 rings (SSSR count). The molecular formula is C12H22N2O. The van der Waals surface area contributed by atoms with Crippen molar-refractivity contribution >= 4 is 5.91 Å². The maximum atomic E-state index is 11.8. The Bertz CT molecular complexity index is 262. The van der Waals surface area contributed by atoms with Crippen LogP contribution in [0.25, 0.3) is 0 Å². The molecule has 0 aromatic rings. The Labute approximate surface area is 91.8 Å². The highest BCUT2D eigenvalue weighted by Crippen LogP contribution is 2.51. The highest BCUT2D eigenvalue weighted by atomic mass is 16.1. The van der Waals surface area contributed by atoms with Crippen LogP contribution in [0.5, 0.6) is 0 Å². The Hall–Kier alpha value is -0.570. The van der Waals surface area contributed by atoms with Gasteiger partial charge in [-0.15, -0.1) is 0 Å². The molecule has 1 amide bonds. The molecule has 2 saturated carbocycles. The molecule has 2 aliphatic rings. The third-order valence-corrected chi connectivity index (χ3v) is 4.15. The van der Waals surface area contributed by atoms with E-state index >= 15 is 0 Å². The van der Waals surface area contributed by atoms with Gasteiger partial charge in [0.15, 0.2) is 0 Å². The molecular weight excluding hydrogens is 188 g/mol. The molecule has 3 unspecified atom stereocenters. The quantitative estimate of drug-likeness (QED) is 0.737. The van der Waals surface area contributed by atoms with Crippen LogP contribution in [0.15, 0.2) is 0 Å². The Morgan fingerprint density at radius 2 is 2.13 bits per heavy atom. The van der Waals surface area contributed by atoms with Crippen molar-refractivity contribution in [2.45, 2.75) is 45.6 Å². The topological polar surface area (TPSA) is 55.1 Å². The van der Waals surface area contributed by atoms with E-state index in [2.05, 4.69) is 19.2 Å². The van der Waals surface area contributed by atoms with Gasteiger partial charge in [-0.1, -0.05) is 20.3 Å². The second kappa shape index (κ2) is 3.78. The van der Waals surface area contributed by atoms with Gasteiger partial charge >= 0.3 is 0 Å². The summed E-state index contributed by atoms with van der Waals surface area (Å²) in [5.74, 6) is 0.939. The summed E-state index contributed by atoms with van der Waals surface area (Å²) in [6.45, 7) is 5.35. The van der Waals surface area contributed by atoms with Crippen LogP contribution in [0, 0.1) is 17.3 Å². The first-order chi connectivity index (χ1) is 7.00. The molecule has 0 bridgehead atoms. The number of rotatable bonds is 3. The molecule has 15 heavy (non-hydrogen) atoms. The summed E-state index contributed by atoms with van der Waals surface area (Å²) in [7, 11) is 0. The lowest BCUT2D eigenvalue weighted by Gasteiger charge is -2.15. The Balaban J connectivity index is 1.73. The van der Waals surface area contributed by atoms with Crippen LogP contribution in [0.1, 0.15) is 39.5 Å². The number of hydrogen-bond donors (Lipinski definition) is 2. The molecule has 0 aromatic heterocycles. The smallest absolute Gasteiger partial charge is 0.224 e. The fraction of sp³-hybridized carbons (Fsp3) is 0.917. The van der Waals surface area contributed by atoms with Gasteiger partial charge in [-0.2, -0.15) is 0 Å². The van der Waals surface area contributed by atoms with Crippen molar-refractivity contribution in [3.05, 3.63) is 0 Å². The van der Waals surface area contributed by atoms with Crippen LogP contribution in [-0.4, -0.2) is 18.5 Å². The van der Waals surface area contributed by atoms with Crippen LogP contribution in [-0.2, 0) is 4.79 Å². The van der Waals surface area contributed by atoms with Crippen LogP contribution in [0.2, 0.25) is 0 Å². The summed E-state index contributed by atoms with van der Waals surface area (Å²) in [5.41, 5.74) is 6.34. The molecule has 0 aliphatic heterocycles. The van der Waals surface area contributed by atoms with E-state index in [0.29, 0.717) is 11.3 Å². The van der Waals surface area contributed by atoms with Gasteiger partial charge in [-0.05, 0) is 30.6 Å². The molecule has 3 nitrogen and oxygen atoms in total. The van der Waals surface area contributed by atoms with Gasteiger partial charge < -0.3 is 11.1 Å². The van der Waals surface area contributed by atoms with Crippen molar-refractivity contribution in [1.29, 1.82) is 0 Å². The van der Waals surface area contributed by atoms with Crippen LogP contribution >= 0.6 is 0 Å². The van der Waals surface area contributed by atoms with E-state index in [1.165, 1.54) is 6.42 Å². The van der Waals surface area contributed by atoms with E-state index in [0.717, 1.165) is 25.8 Å². The Morgan fingerprint density at radius 3 is 2.60 bits per heavy atom. The van der Waals surface area contributed by atoms with Gasteiger partial charge in [0.05, 0.1) is 5.92 Å². The number of carbonyl (C=O) groups is 1. The fourth-order valence-corrected chi connectivity index (χ4v) is 2.59. The lowest BCUT2D eigenvalue weighted by molar-refractivity contribution is -0.125. The van der Waals surface area contributed by atoms with Crippen molar-refractivity contribution in [2.75, 3.05) is 6.54 Å². The predicted molar refractivity (Wildman–Crippen MR) is 60.2 cm³/mol. The lowest BCUT2D eigenvalue weighted by atomic mass is 10.0. The first kappa shape index (κ1) is 10.9. The Kier molecular flexibility index (Phi) is 2.75. The molecule has 0 aromatic carbocycles. The summed E-state index contributed by atoms with van der Waals surface area (Å²) in [6.07, 6.45) is 4.33. The molecule has 0 spiro atoms. The molecule has 3 atom stereocenters. The molecule has 0 saturated heterocycles. The van der Waals surface area contributed by atoms with Gasteiger partial charge in [0.25, 0.3) is 0 Å². The molecule has 3 N–H and O–H groups in total. The normalized spacial score (nSPS) is 37.7. The molecule has 86 valence electrons. The van der Waals surface area contributed by atoms with Crippen molar-refractivity contribution in [3.8, 4) is 0 Å². The highest BCUT2D eigenvalue weighted by Gasteiger charge is 2.45. The van der Waals surface area contributed by atoms with Crippen molar-refractivity contribution in [2.24, 2.45) is 23.0 Å². The molecule has 0 heterocycles. The summed E-state index contributed by atoms with van der Waals surface area (Å²) < 4.78 is 0. The standard InChI is InChI=1S/C12H22N2O/c1-12(2)6-8(12)7-14-11(15)9-4-3-5-10(9)13/h8-10H,3-7,13H2,1-2H3,(H,14,15). The van der Waals surface area contributed by atoms with Crippen molar-refractivity contribution < 1.29 is 4.79 Å². The molecule has 0 radical (unpaired) electrons. The van der Waals surface area contributed by atoms with Crippen molar-refractivity contribution in [3.63, 3.8) is 0 Å². The monoisotopic (exact) mass is 210 g/mol. The molecule has 2 aliphatic carbocycles. The Morgan fingerprint density at radius 1 is 1.47 bits per heavy atom. The number of carbonyl (C=O) groups excluding carboxylic acids is 1. The third kappa shape index (κ3) is 2.33. The molecule has 2 fully saturated rings. The SMILES string of the molecule is CC1(C)CC1CNC(=O)C1CCCC1N. The maximum absolute atomic E-state index is 11.8. The average molecular weight is 210 g/mol. The summed E-state index contributed by atoms with van der Waals surface area (Å²) in [6, 6.07) is 0.0946. The predicted octanol–water partition coefficient (Wildman–Crippen LogP) is 1.28. The van der Waals surface area contributed by atoms with Gasteiger partial charge in [0, 0.05) is 12.6 Å². The first-order valence-corrected chi connectivity index (χ1v) is 6.04. The zero-order valence-corrected chi connectivity index (χ0v) is 9.75. The summed E-state index contributed by atoms with van der Waals surface area (Å²) >= 11 is 0. The van der Waals surface area contributed by atoms with Gasteiger partial charge in [0.1, 0.15) is 0 Å². The number of nitrogens with two attached hydrogens (primary N) is 1. The van der Waals surface area contributed by atoms with Crippen LogP contribution in [0.3, 0.4) is 0 Å². The molecule has 3 heteroatoms. The van der Waals surface area contributed by atoms with E-state index in [4.69, 9.17) is 5.73 Å². The van der Waals surface area contributed by atoms with E-state index in [1.807, 2.05) is 0 Å². The van der Waals surface area contributed by atoms with Gasteiger partial charge in [-0.3, -0.25) is 4.79 Å². The summed E-state index contributed by atoms with van der Waals surface area (Å²) in [4.78, 5) is 11.8. The maximum Gasteiger partial charge on any atom is 0.224 e. The second-order valence-corrected chi connectivity index (χ2v) is 5.84. The fourth-order valence-electron chi connectivity index (χ4n) is 2.59. The summed E-state index contributed by atoms with van der Waals surface area (Å²) in [5, 5.41) is 3.05. The second-order valence-electron chi connectivity index (χ2n) is 5.84. The average Bonchev–Trinajstić information content (AvgIpc) is 2.58. The van der Waals surface area contributed by atoms with E-state index in [9.17, 15) is 4.79 Å². The van der Waals surface area contributed by atoms with Crippen LogP contribution in [0.4, 0.5) is 0 Å². The first-order valence-electron chi connectivity index (χ1n) is 6.04. The minimum absolute atomic E-state index is 0.0758. The number of nitrogens with one attached hydrogen (secondary N) is 1. The zero-order valence-electron chi connectivity index (χ0n) is 9.75. The third-order valence-electron chi connectivity index (χ3n) is 4.15. The van der Waals surface area contributed by atoms with E-state index < -0.39 is 0 Å². The van der Waals surface area contributed by atoms with Gasteiger partial charge in [0.2, 0.25) is 5.91 Å². The van der Waals surface area contributed by atoms with E-state index in [1.54, 1.807) is 0 Å². The number of hydrogen-bond acceptors (Lipinski definition) is 2. The number of amides is 1. The lowest BCUT2D eigenvalue weighted by Crippen LogP contribution is -2.39. The highest BCUT2D eigenvalue weighted by molar-refractivity contribution is 5.79. The minimum Gasteiger partial charge on any atom is -0.356 e. The van der Waals surface area contributed by atoms with Gasteiger partial charge in [-0.25, -0.2) is 0 Å². The van der Waals surface area contributed by atoms with E-state index in [-0.39, 0.29) is 17.9 Å². The van der Waals surface area contributed by atoms with Crippen molar-refractivity contribution in [1.82, 2.24) is 5.32 Å². The zero-order chi connectivity index (χ0) is 11.1.